The summed E-state index contributed by atoms with van der Waals surface area (Å²) < 4.78 is 14.4. The molecule has 2 rings (SSSR count). The first-order valence-electron chi connectivity index (χ1n) is 6.41. The summed E-state index contributed by atoms with van der Waals surface area (Å²) in [5.41, 5.74) is 2.80. The molecule has 0 radical (unpaired) electrons. The van der Waals surface area contributed by atoms with E-state index in [-0.39, 0.29) is 11.4 Å². The summed E-state index contributed by atoms with van der Waals surface area (Å²) in [6.07, 6.45) is 0. The molecule has 0 fully saturated rings. The molecule has 2 N–H and O–H groups in total. The van der Waals surface area contributed by atoms with E-state index >= 15 is 0 Å². The van der Waals surface area contributed by atoms with Gasteiger partial charge < -0.3 is 10.4 Å². The summed E-state index contributed by atoms with van der Waals surface area (Å²) in [7, 11) is 0. The second kappa shape index (κ2) is 6.26. The molecule has 0 aliphatic rings. The zero-order chi connectivity index (χ0) is 15.6. The van der Waals surface area contributed by atoms with Crippen LogP contribution in [0.4, 0.5) is 10.1 Å². The second-order valence-corrected chi connectivity index (χ2v) is 5.81. The molecular formula is C16H15BrFNO2. The molecule has 0 unspecified atom stereocenters. The van der Waals surface area contributed by atoms with Crippen LogP contribution in [-0.4, -0.2) is 11.1 Å². The average Bonchev–Trinajstić information content (AvgIpc) is 2.42. The van der Waals surface area contributed by atoms with Crippen LogP contribution in [0.2, 0.25) is 0 Å². The standard InChI is InChI=1S/C16H15BrFNO2/c1-9-5-11(6-10(2)15(9)18)8-19-14-7-12(17)3-4-13(14)16(20)21/h3-7,19H,8H2,1-2H3,(H,20,21). The van der Waals surface area contributed by atoms with Crippen LogP contribution >= 0.6 is 15.9 Å². The van der Waals surface area contributed by atoms with Crippen LogP contribution in [-0.2, 0) is 6.54 Å². The van der Waals surface area contributed by atoms with E-state index in [9.17, 15) is 14.3 Å². The van der Waals surface area contributed by atoms with Crippen LogP contribution in [0.25, 0.3) is 0 Å². The quantitative estimate of drug-likeness (QED) is 0.851. The molecule has 21 heavy (non-hydrogen) atoms. The predicted octanol–water partition coefficient (Wildman–Crippen LogP) is 4.52. The molecule has 0 heterocycles. The summed E-state index contributed by atoms with van der Waals surface area (Å²) in [5, 5.41) is 12.3. The Morgan fingerprint density at radius 1 is 1.24 bits per heavy atom. The highest BCUT2D eigenvalue weighted by atomic mass is 79.9. The fourth-order valence-electron chi connectivity index (χ4n) is 2.18. The Morgan fingerprint density at radius 2 is 1.86 bits per heavy atom. The number of hydrogen-bond donors (Lipinski definition) is 2. The maximum atomic E-state index is 13.6. The predicted molar refractivity (Wildman–Crippen MR) is 84.3 cm³/mol. The van der Waals surface area contributed by atoms with Crippen molar-refractivity contribution in [3.63, 3.8) is 0 Å². The second-order valence-electron chi connectivity index (χ2n) is 4.89. The smallest absolute Gasteiger partial charge is 0.337 e. The molecule has 2 aromatic rings. The van der Waals surface area contributed by atoms with Crippen LogP contribution in [0.1, 0.15) is 27.0 Å². The van der Waals surface area contributed by atoms with E-state index in [1.807, 2.05) is 0 Å². The first kappa shape index (κ1) is 15.5. The minimum absolute atomic E-state index is 0.201. The van der Waals surface area contributed by atoms with E-state index in [2.05, 4.69) is 21.2 Å². The van der Waals surface area contributed by atoms with E-state index < -0.39 is 5.97 Å². The number of aryl methyl sites for hydroxylation is 2. The number of rotatable bonds is 4. The Bertz CT molecular complexity index is 678. The Labute approximate surface area is 130 Å². The molecule has 3 nitrogen and oxygen atoms in total. The number of carboxylic acid groups (broad SMARTS) is 1. The third kappa shape index (κ3) is 3.61. The summed E-state index contributed by atoms with van der Waals surface area (Å²) in [6, 6.07) is 8.45. The topological polar surface area (TPSA) is 49.3 Å². The number of carbonyl (C=O) groups is 1. The summed E-state index contributed by atoms with van der Waals surface area (Å²) >= 11 is 3.32. The van der Waals surface area contributed by atoms with Crippen LogP contribution in [0.5, 0.6) is 0 Å². The van der Waals surface area contributed by atoms with Gasteiger partial charge in [0.1, 0.15) is 5.82 Å². The number of hydrogen-bond acceptors (Lipinski definition) is 2. The fourth-order valence-corrected chi connectivity index (χ4v) is 2.55. The zero-order valence-corrected chi connectivity index (χ0v) is 13.3. The van der Waals surface area contributed by atoms with Crippen molar-refractivity contribution in [2.24, 2.45) is 0 Å². The normalized spacial score (nSPS) is 10.5. The van der Waals surface area contributed by atoms with Crippen molar-refractivity contribution in [2.75, 3.05) is 5.32 Å². The SMILES string of the molecule is Cc1cc(CNc2cc(Br)ccc2C(=O)O)cc(C)c1F. The minimum atomic E-state index is -0.989. The minimum Gasteiger partial charge on any atom is -0.478 e. The van der Waals surface area contributed by atoms with Gasteiger partial charge in [0.15, 0.2) is 0 Å². The van der Waals surface area contributed by atoms with Gasteiger partial charge in [0.2, 0.25) is 0 Å². The molecular weight excluding hydrogens is 337 g/mol. The molecule has 0 bridgehead atoms. The maximum absolute atomic E-state index is 13.6. The first-order valence-corrected chi connectivity index (χ1v) is 7.20. The molecule has 0 spiro atoms. The number of nitrogens with one attached hydrogen (secondary N) is 1. The van der Waals surface area contributed by atoms with Gasteiger partial charge in [-0.2, -0.15) is 0 Å². The lowest BCUT2D eigenvalue weighted by molar-refractivity contribution is 0.0698. The van der Waals surface area contributed by atoms with Gasteiger partial charge >= 0.3 is 5.97 Å². The molecule has 0 saturated carbocycles. The molecule has 2 aromatic carbocycles. The number of anilines is 1. The molecule has 0 amide bonds. The van der Waals surface area contributed by atoms with Crippen LogP contribution in [0.15, 0.2) is 34.8 Å². The van der Waals surface area contributed by atoms with Crippen molar-refractivity contribution < 1.29 is 14.3 Å². The molecule has 0 aliphatic heterocycles. The summed E-state index contributed by atoms with van der Waals surface area (Å²) in [4.78, 5) is 11.2. The summed E-state index contributed by atoms with van der Waals surface area (Å²) in [6.45, 7) is 3.86. The van der Waals surface area contributed by atoms with Crippen molar-refractivity contribution >= 4 is 27.6 Å². The van der Waals surface area contributed by atoms with Crippen molar-refractivity contribution in [3.05, 3.63) is 62.9 Å². The largest absolute Gasteiger partial charge is 0.478 e. The number of benzene rings is 2. The van der Waals surface area contributed by atoms with E-state index in [0.717, 1.165) is 10.0 Å². The Morgan fingerprint density at radius 3 is 2.43 bits per heavy atom. The first-order chi connectivity index (χ1) is 9.88. The van der Waals surface area contributed by atoms with Crippen molar-refractivity contribution in [1.29, 1.82) is 0 Å². The number of carboxylic acids is 1. The average molecular weight is 352 g/mol. The highest BCUT2D eigenvalue weighted by Crippen LogP contribution is 2.23. The zero-order valence-electron chi connectivity index (χ0n) is 11.7. The van der Waals surface area contributed by atoms with Gasteiger partial charge in [-0.1, -0.05) is 28.1 Å². The highest BCUT2D eigenvalue weighted by molar-refractivity contribution is 9.10. The van der Waals surface area contributed by atoms with Gasteiger partial charge in [-0.25, -0.2) is 9.18 Å². The Balaban J connectivity index is 2.24. The lowest BCUT2D eigenvalue weighted by Crippen LogP contribution is -2.07. The van der Waals surface area contributed by atoms with Crippen LogP contribution < -0.4 is 5.32 Å². The van der Waals surface area contributed by atoms with Crippen molar-refractivity contribution in [3.8, 4) is 0 Å². The fraction of sp³-hybridized carbons (Fsp3) is 0.188. The monoisotopic (exact) mass is 351 g/mol. The summed E-state index contributed by atoms with van der Waals surface area (Å²) in [5.74, 6) is -1.19. The Hall–Kier alpha value is -1.88. The molecule has 0 aliphatic carbocycles. The van der Waals surface area contributed by atoms with Gasteiger partial charge in [0.25, 0.3) is 0 Å². The molecule has 0 saturated heterocycles. The lowest BCUT2D eigenvalue weighted by Gasteiger charge is -2.12. The van der Waals surface area contributed by atoms with Gasteiger partial charge in [-0.15, -0.1) is 0 Å². The molecule has 110 valence electrons. The molecule has 0 aromatic heterocycles. The van der Waals surface area contributed by atoms with Gasteiger partial charge in [-0.3, -0.25) is 0 Å². The van der Waals surface area contributed by atoms with E-state index in [1.54, 1.807) is 38.1 Å². The molecule has 0 atom stereocenters. The molecule has 5 heteroatoms. The van der Waals surface area contributed by atoms with E-state index in [1.165, 1.54) is 6.07 Å². The maximum Gasteiger partial charge on any atom is 0.337 e. The third-order valence-electron chi connectivity index (χ3n) is 3.19. The number of halogens is 2. The third-order valence-corrected chi connectivity index (χ3v) is 3.68. The van der Waals surface area contributed by atoms with Crippen molar-refractivity contribution in [2.45, 2.75) is 20.4 Å². The number of aromatic carboxylic acids is 1. The van der Waals surface area contributed by atoms with Crippen LogP contribution in [0, 0.1) is 19.7 Å². The van der Waals surface area contributed by atoms with Gasteiger partial charge in [0.05, 0.1) is 11.3 Å². The van der Waals surface area contributed by atoms with Gasteiger partial charge in [-0.05, 0) is 48.7 Å². The highest BCUT2D eigenvalue weighted by Gasteiger charge is 2.11. The van der Waals surface area contributed by atoms with E-state index in [0.29, 0.717) is 23.4 Å². The van der Waals surface area contributed by atoms with Crippen molar-refractivity contribution in [1.82, 2.24) is 0 Å². The van der Waals surface area contributed by atoms with Crippen LogP contribution in [0.3, 0.4) is 0 Å². The lowest BCUT2D eigenvalue weighted by atomic mass is 10.1. The Kier molecular flexibility index (Phi) is 4.63. The van der Waals surface area contributed by atoms with E-state index in [4.69, 9.17) is 0 Å². The van der Waals surface area contributed by atoms with Gasteiger partial charge in [0, 0.05) is 11.0 Å².